The van der Waals surface area contributed by atoms with Gasteiger partial charge < -0.3 is 5.32 Å². The molecule has 0 atom stereocenters. The number of aromatic nitrogens is 4. The summed E-state index contributed by atoms with van der Waals surface area (Å²) in [6.07, 6.45) is 1.36. The van der Waals surface area contributed by atoms with E-state index in [-0.39, 0.29) is 23.3 Å². The fourth-order valence-electron chi connectivity index (χ4n) is 3.17. The molecule has 0 fully saturated rings. The molecule has 0 saturated carbocycles. The zero-order valence-electron chi connectivity index (χ0n) is 17.5. The Morgan fingerprint density at radius 3 is 2.52 bits per heavy atom. The first-order valence-electron chi connectivity index (χ1n) is 9.83. The molecular weight excluding hydrogens is 397 g/mol. The molecule has 0 aliphatic carbocycles. The molecule has 158 valence electrons. The summed E-state index contributed by atoms with van der Waals surface area (Å²) in [5.74, 6) is -0.327. The number of hydrogen-bond acceptors (Lipinski definition) is 4. The fraction of sp³-hybridized carbons (Fsp3) is 0.217. The van der Waals surface area contributed by atoms with Gasteiger partial charge in [-0.2, -0.15) is 5.10 Å². The summed E-state index contributed by atoms with van der Waals surface area (Å²) in [6, 6.07) is 14.6. The van der Waals surface area contributed by atoms with E-state index in [9.17, 15) is 14.0 Å². The zero-order valence-corrected chi connectivity index (χ0v) is 17.5. The van der Waals surface area contributed by atoms with Crippen molar-refractivity contribution in [3.8, 4) is 5.69 Å². The number of para-hydroxylation sites is 1. The van der Waals surface area contributed by atoms with Gasteiger partial charge in [0, 0.05) is 11.5 Å². The highest BCUT2D eigenvalue weighted by atomic mass is 19.1. The normalized spacial score (nSPS) is 11.6. The Kier molecular flexibility index (Phi) is 5.14. The first kappa shape index (κ1) is 20.5. The first-order valence-corrected chi connectivity index (χ1v) is 9.83. The molecule has 2 heterocycles. The minimum Gasteiger partial charge on any atom is -0.309 e. The summed E-state index contributed by atoms with van der Waals surface area (Å²) in [6.45, 7) is 5.83. The van der Waals surface area contributed by atoms with Crippen LogP contribution >= 0.6 is 0 Å². The number of rotatable bonds is 4. The van der Waals surface area contributed by atoms with E-state index < -0.39 is 5.91 Å². The lowest BCUT2D eigenvalue weighted by Gasteiger charge is -2.14. The van der Waals surface area contributed by atoms with Crippen LogP contribution in [0.4, 0.5) is 10.2 Å². The molecule has 2 aromatic carbocycles. The van der Waals surface area contributed by atoms with Crippen molar-refractivity contribution in [1.82, 2.24) is 19.3 Å². The van der Waals surface area contributed by atoms with Crippen LogP contribution in [-0.4, -0.2) is 25.2 Å². The number of anilines is 1. The van der Waals surface area contributed by atoms with Crippen molar-refractivity contribution >= 4 is 22.6 Å². The number of fused-ring (bicyclic) bond motifs is 1. The SMILES string of the molecule is CC(C)(C)c1cc(NC(=O)Cn2cnc3ccccc3c2=O)n(-c2ccc(F)cc2)n1. The number of benzene rings is 2. The van der Waals surface area contributed by atoms with Gasteiger partial charge in [0.2, 0.25) is 5.91 Å². The van der Waals surface area contributed by atoms with Crippen LogP contribution in [0, 0.1) is 5.82 Å². The Hall–Kier alpha value is -3.81. The molecule has 1 amide bonds. The average molecular weight is 419 g/mol. The summed E-state index contributed by atoms with van der Waals surface area (Å²) in [7, 11) is 0. The van der Waals surface area contributed by atoms with Gasteiger partial charge in [-0.05, 0) is 36.4 Å². The van der Waals surface area contributed by atoms with E-state index in [1.165, 1.54) is 23.0 Å². The van der Waals surface area contributed by atoms with Crippen LogP contribution in [0.25, 0.3) is 16.6 Å². The van der Waals surface area contributed by atoms with Gasteiger partial charge in [-0.25, -0.2) is 14.1 Å². The average Bonchev–Trinajstić information content (AvgIpc) is 3.15. The number of halogens is 1. The lowest BCUT2D eigenvalue weighted by Crippen LogP contribution is -2.28. The van der Waals surface area contributed by atoms with Crippen LogP contribution in [0.5, 0.6) is 0 Å². The van der Waals surface area contributed by atoms with Gasteiger partial charge in [-0.15, -0.1) is 0 Å². The fourth-order valence-corrected chi connectivity index (χ4v) is 3.17. The lowest BCUT2D eigenvalue weighted by atomic mass is 9.92. The van der Waals surface area contributed by atoms with Crippen molar-refractivity contribution in [2.75, 3.05) is 5.32 Å². The second kappa shape index (κ2) is 7.79. The van der Waals surface area contributed by atoms with Gasteiger partial charge in [0.1, 0.15) is 18.2 Å². The number of carbonyl (C=O) groups excluding carboxylic acids is 1. The Labute approximate surface area is 178 Å². The molecule has 0 saturated heterocycles. The zero-order chi connectivity index (χ0) is 22.2. The van der Waals surface area contributed by atoms with Crippen molar-refractivity contribution in [3.63, 3.8) is 0 Å². The summed E-state index contributed by atoms with van der Waals surface area (Å²) in [4.78, 5) is 29.7. The van der Waals surface area contributed by atoms with E-state index in [1.54, 1.807) is 47.1 Å². The molecule has 0 aliphatic rings. The van der Waals surface area contributed by atoms with E-state index in [0.29, 0.717) is 22.4 Å². The number of amides is 1. The van der Waals surface area contributed by atoms with E-state index in [0.717, 1.165) is 5.69 Å². The van der Waals surface area contributed by atoms with E-state index in [4.69, 9.17) is 0 Å². The highest BCUT2D eigenvalue weighted by Crippen LogP contribution is 2.26. The van der Waals surface area contributed by atoms with Crippen LogP contribution in [0.1, 0.15) is 26.5 Å². The third kappa shape index (κ3) is 4.23. The molecule has 31 heavy (non-hydrogen) atoms. The first-order chi connectivity index (χ1) is 14.7. The molecule has 0 aliphatic heterocycles. The van der Waals surface area contributed by atoms with Gasteiger partial charge in [-0.3, -0.25) is 14.2 Å². The van der Waals surface area contributed by atoms with E-state index in [2.05, 4.69) is 15.4 Å². The molecule has 0 radical (unpaired) electrons. The van der Waals surface area contributed by atoms with Gasteiger partial charge >= 0.3 is 0 Å². The lowest BCUT2D eigenvalue weighted by molar-refractivity contribution is -0.116. The van der Waals surface area contributed by atoms with Crippen molar-refractivity contribution < 1.29 is 9.18 Å². The van der Waals surface area contributed by atoms with Crippen molar-refractivity contribution in [2.24, 2.45) is 0 Å². The van der Waals surface area contributed by atoms with Crippen LogP contribution in [0.15, 0.2) is 65.7 Å². The minimum atomic E-state index is -0.400. The topological polar surface area (TPSA) is 81.8 Å². The molecule has 0 spiro atoms. The highest BCUT2D eigenvalue weighted by Gasteiger charge is 2.22. The van der Waals surface area contributed by atoms with Crippen LogP contribution < -0.4 is 10.9 Å². The van der Waals surface area contributed by atoms with Gasteiger partial charge in [-0.1, -0.05) is 32.9 Å². The van der Waals surface area contributed by atoms with E-state index in [1.807, 2.05) is 20.8 Å². The standard InChI is InChI=1S/C23H22FN5O2/c1-23(2,3)19-12-20(29(27-19)16-10-8-15(24)9-11-16)26-21(30)13-28-14-25-18-7-5-4-6-17(18)22(28)31/h4-12,14H,13H2,1-3H3,(H,26,30). The molecular formula is C23H22FN5O2. The van der Waals surface area contributed by atoms with Gasteiger partial charge in [0.15, 0.2) is 0 Å². The molecule has 1 N–H and O–H groups in total. The maximum atomic E-state index is 13.4. The molecule has 7 nitrogen and oxygen atoms in total. The number of nitrogens with one attached hydrogen (secondary N) is 1. The summed E-state index contributed by atoms with van der Waals surface area (Å²) in [5, 5.41) is 7.87. The van der Waals surface area contributed by atoms with Crippen molar-refractivity contribution in [2.45, 2.75) is 32.7 Å². The molecule has 4 aromatic rings. The van der Waals surface area contributed by atoms with E-state index >= 15 is 0 Å². The molecule has 0 bridgehead atoms. The largest absolute Gasteiger partial charge is 0.309 e. The maximum Gasteiger partial charge on any atom is 0.261 e. The Morgan fingerprint density at radius 2 is 1.81 bits per heavy atom. The summed E-state index contributed by atoms with van der Waals surface area (Å²) < 4.78 is 16.2. The second-order valence-electron chi connectivity index (χ2n) is 8.30. The monoisotopic (exact) mass is 419 g/mol. The number of hydrogen-bond donors (Lipinski definition) is 1. The third-order valence-corrected chi connectivity index (χ3v) is 4.86. The van der Waals surface area contributed by atoms with Crippen LogP contribution in [-0.2, 0) is 16.8 Å². The predicted molar refractivity (Wildman–Crippen MR) is 117 cm³/mol. The Bertz CT molecular complexity index is 1320. The summed E-state index contributed by atoms with van der Waals surface area (Å²) in [5.41, 5.74) is 1.40. The number of nitrogens with zero attached hydrogens (tertiary/aromatic N) is 4. The smallest absolute Gasteiger partial charge is 0.261 e. The second-order valence-corrected chi connectivity index (χ2v) is 8.30. The highest BCUT2D eigenvalue weighted by molar-refractivity contribution is 5.90. The minimum absolute atomic E-state index is 0.198. The maximum absolute atomic E-state index is 13.4. The predicted octanol–water partition coefficient (Wildman–Crippen LogP) is 3.66. The van der Waals surface area contributed by atoms with Crippen LogP contribution in [0.2, 0.25) is 0 Å². The third-order valence-electron chi connectivity index (χ3n) is 4.86. The quantitative estimate of drug-likeness (QED) is 0.547. The Morgan fingerprint density at radius 1 is 1.10 bits per heavy atom. The van der Waals surface area contributed by atoms with Crippen molar-refractivity contribution in [3.05, 3.63) is 82.8 Å². The Balaban J connectivity index is 1.65. The molecule has 8 heteroatoms. The van der Waals surface area contributed by atoms with Gasteiger partial charge in [0.25, 0.3) is 5.56 Å². The van der Waals surface area contributed by atoms with Crippen LogP contribution in [0.3, 0.4) is 0 Å². The molecule has 0 unspecified atom stereocenters. The summed E-state index contributed by atoms with van der Waals surface area (Å²) >= 11 is 0. The van der Waals surface area contributed by atoms with Crippen molar-refractivity contribution in [1.29, 1.82) is 0 Å². The van der Waals surface area contributed by atoms with Gasteiger partial charge in [0.05, 0.1) is 28.6 Å². The molecule has 2 aromatic heterocycles. The molecule has 4 rings (SSSR count). The number of carbonyl (C=O) groups is 1.